The zero-order valence-electron chi connectivity index (χ0n) is 13.4. The van der Waals surface area contributed by atoms with Gasteiger partial charge in [-0.25, -0.2) is 9.67 Å². The van der Waals surface area contributed by atoms with Gasteiger partial charge in [-0.3, -0.25) is 9.20 Å². The highest BCUT2D eigenvalue weighted by Gasteiger charge is 2.41. The van der Waals surface area contributed by atoms with Crippen LogP contribution in [0.2, 0.25) is 5.15 Å². The van der Waals surface area contributed by atoms with Gasteiger partial charge in [0.2, 0.25) is 0 Å². The molecule has 1 N–H and O–H groups in total. The topological polar surface area (TPSA) is 72.4 Å². The Balaban J connectivity index is 1.76. The van der Waals surface area contributed by atoms with Crippen LogP contribution in [0.5, 0.6) is 0 Å². The molecule has 0 aliphatic heterocycles. The van der Waals surface area contributed by atoms with Crippen LogP contribution in [0.25, 0.3) is 4.96 Å². The first-order valence-corrected chi connectivity index (χ1v) is 9.00. The maximum atomic E-state index is 12.6. The average Bonchev–Trinajstić information content (AvgIpc) is 3.11. The maximum absolute atomic E-state index is 12.6. The van der Waals surface area contributed by atoms with Gasteiger partial charge < -0.3 is 5.11 Å². The molecule has 6 nitrogen and oxygen atoms in total. The van der Waals surface area contributed by atoms with Gasteiger partial charge in [0.1, 0.15) is 5.15 Å². The summed E-state index contributed by atoms with van der Waals surface area (Å²) in [5, 5.41) is 14.2. The lowest BCUT2D eigenvalue weighted by Gasteiger charge is -2.05. The predicted molar refractivity (Wildman–Crippen MR) is 93.1 cm³/mol. The Hall–Kier alpha value is -1.70. The highest BCUT2D eigenvalue weighted by Crippen LogP contribution is 2.49. The number of aryl methyl sites for hydroxylation is 2. The van der Waals surface area contributed by atoms with Crippen LogP contribution < -0.4 is 5.56 Å². The monoisotopic (exact) mass is 364 g/mol. The minimum Gasteiger partial charge on any atom is -0.396 e. The molecular weight excluding hydrogens is 348 g/mol. The Bertz CT molecular complexity index is 990. The van der Waals surface area contributed by atoms with Gasteiger partial charge in [0, 0.05) is 29.2 Å². The van der Waals surface area contributed by atoms with Gasteiger partial charge >= 0.3 is 0 Å². The van der Waals surface area contributed by atoms with E-state index in [1.54, 1.807) is 21.2 Å². The second-order valence-electron chi connectivity index (χ2n) is 6.30. The number of thiazole rings is 1. The Labute approximate surface area is 147 Å². The summed E-state index contributed by atoms with van der Waals surface area (Å²) in [7, 11) is 0. The molecule has 1 aliphatic carbocycles. The molecule has 0 aromatic carbocycles. The molecule has 3 aromatic rings. The smallest absolute Gasteiger partial charge is 0.259 e. The van der Waals surface area contributed by atoms with Crippen LogP contribution in [0.3, 0.4) is 0 Å². The van der Waals surface area contributed by atoms with Gasteiger partial charge in [0.25, 0.3) is 5.56 Å². The quantitative estimate of drug-likeness (QED) is 0.771. The number of nitrogens with zero attached hydrogens (tertiary/aromatic N) is 4. The van der Waals surface area contributed by atoms with Crippen molar-refractivity contribution in [1.82, 2.24) is 19.2 Å². The Morgan fingerprint density at radius 3 is 2.83 bits per heavy atom. The Morgan fingerprint density at radius 1 is 1.42 bits per heavy atom. The van der Waals surface area contributed by atoms with Crippen molar-refractivity contribution in [3.63, 3.8) is 0 Å². The number of rotatable bonds is 4. The molecule has 4 rings (SSSR count). The lowest BCUT2D eigenvalue weighted by atomic mass is 10.2. The van der Waals surface area contributed by atoms with Crippen molar-refractivity contribution in [1.29, 1.82) is 0 Å². The third kappa shape index (κ3) is 2.56. The second-order valence-corrected chi connectivity index (χ2v) is 7.87. The molecule has 0 amide bonds. The average molecular weight is 365 g/mol. The molecule has 1 saturated carbocycles. The molecule has 1 aliphatic rings. The molecular formula is C16H17ClN4O2S. The van der Waals surface area contributed by atoms with Crippen LogP contribution in [-0.4, -0.2) is 30.9 Å². The van der Waals surface area contributed by atoms with Crippen molar-refractivity contribution in [2.75, 3.05) is 6.61 Å². The molecule has 0 spiro atoms. The van der Waals surface area contributed by atoms with E-state index in [1.165, 1.54) is 11.3 Å². The van der Waals surface area contributed by atoms with Crippen molar-refractivity contribution >= 4 is 27.9 Å². The van der Waals surface area contributed by atoms with E-state index in [4.69, 9.17) is 11.6 Å². The predicted octanol–water partition coefficient (Wildman–Crippen LogP) is 2.37. The summed E-state index contributed by atoms with van der Waals surface area (Å²) < 4.78 is 3.33. The van der Waals surface area contributed by atoms with E-state index in [2.05, 4.69) is 10.1 Å². The van der Waals surface area contributed by atoms with Gasteiger partial charge in [0.15, 0.2) is 4.96 Å². The normalized spacial score (nSPS) is 20.0. The molecule has 0 unspecified atom stereocenters. The molecule has 24 heavy (non-hydrogen) atoms. The van der Waals surface area contributed by atoms with Crippen LogP contribution in [0.15, 0.2) is 16.9 Å². The fourth-order valence-corrected chi connectivity index (χ4v) is 4.53. The number of hydrogen-bond acceptors (Lipinski definition) is 5. The summed E-state index contributed by atoms with van der Waals surface area (Å²) in [5.41, 5.74) is 2.40. The molecule has 0 saturated heterocycles. The number of aromatic nitrogens is 4. The molecule has 0 bridgehead atoms. The number of hydrogen-bond donors (Lipinski definition) is 1. The third-order valence-electron chi connectivity index (χ3n) is 4.46. The number of halogens is 1. The number of aliphatic hydroxyl groups excluding tert-OH is 1. The molecule has 2 atom stereocenters. The summed E-state index contributed by atoms with van der Waals surface area (Å²) in [4.78, 5) is 19.0. The summed E-state index contributed by atoms with van der Waals surface area (Å²) >= 11 is 7.65. The lowest BCUT2D eigenvalue weighted by Crippen LogP contribution is -2.18. The first-order valence-electron chi connectivity index (χ1n) is 7.80. The van der Waals surface area contributed by atoms with Crippen LogP contribution in [-0.2, 0) is 6.54 Å². The van der Waals surface area contributed by atoms with E-state index >= 15 is 0 Å². The van der Waals surface area contributed by atoms with Crippen LogP contribution in [0.1, 0.15) is 34.3 Å². The van der Waals surface area contributed by atoms with Crippen molar-refractivity contribution < 1.29 is 5.11 Å². The van der Waals surface area contributed by atoms with Crippen LogP contribution >= 0.6 is 22.9 Å². The molecule has 8 heteroatoms. The zero-order valence-corrected chi connectivity index (χ0v) is 14.9. The fraction of sp³-hybridized carbons (Fsp3) is 0.438. The minimum absolute atomic E-state index is 0.0852. The van der Waals surface area contributed by atoms with Crippen molar-refractivity contribution in [2.24, 2.45) is 5.92 Å². The molecule has 126 valence electrons. The third-order valence-corrected chi connectivity index (χ3v) is 5.74. The zero-order chi connectivity index (χ0) is 17.0. The number of aliphatic hydroxyl groups is 1. The van der Waals surface area contributed by atoms with Gasteiger partial charge in [-0.15, -0.1) is 11.3 Å². The van der Waals surface area contributed by atoms with E-state index < -0.39 is 0 Å². The van der Waals surface area contributed by atoms with Crippen molar-refractivity contribution in [2.45, 2.75) is 32.7 Å². The van der Waals surface area contributed by atoms with Crippen LogP contribution in [0, 0.1) is 19.8 Å². The standard InChI is InChI=1S/C16H17ClN4O2S/c1-8-3-13(17)20(19-8)6-11-5-14(23)21-15(12-4-10(12)7-22)9(2)24-16(21)18-11/h3,5,10,12,22H,4,6-7H2,1-2H3/t10-,12+/m0/s1. The summed E-state index contributed by atoms with van der Waals surface area (Å²) in [5.74, 6) is 0.524. The number of fused-ring (bicyclic) bond motifs is 1. The SMILES string of the molecule is Cc1cc(Cl)n(Cc2cc(=O)n3c([C@@H]4C[C@H]4CO)c(C)sc3n2)n1. The Morgan fingerprint density at radius 2 is 2.21 bits per heavy atom. The maximum Gasteiger partial charge on any atom is 0.259 e. The van der Waals surface area contributed by atoms with E-state index in [1.807, 2.05) is 13.8 Å². The highest BCUT2D eigenvalue weighted by atomic mass is 35.5. The van der Waals surface area contributed by atoms with E-state index in [0.717, 1.165) is 22.7 Å². The lowest BCUT2D eigenvalue weighted by molar-refractivity contribution is 0.273. The second kappa shape index (κ2) is 5.68. The van der Waals surface area contributed by atoms with E-state index in [9.17, 15) is 9.90 Å². The molecule has 3 aromatic heterocycles. The van der Waals surface area contributed by atoms with E-state index in [-0.39, 0.29) is 24.0 Å². The first kappa shape index (κ1) is 15.8. The molecule has 3 heterocycles. The highest BCUT2D eigenvalue weighted by molar-refractivity contribution is 7.17. The van der Waals surface area contributed by atoms with Gasteiger partial charge in [-0.2, -0.15) is 5.10 Å². The largest absolute Gasteiger partial charge is 0.396 e. The first-order chi connectivity index (χ1) is 11.5. The summed E-state index contributed by atoms with van der Waals surface area (Å²) in [6, 6.07) is 3.33. The van der Waals surface area contributed by atoms with Crippen molar-refractivity contribution in [3.05, 3.63) is 49.6 Å². The van der Waals surface area contributed by atoms with Crippen molar-refractivity contribution in [3.8, 4) is 0 Å². The fourth-order valence-electron chi connectivity index (χ4n) is 3.21. The summed E-state index contributed by atoms with van der Waals surface area (Å²) in [6.07, 6.45) is 0.930. The summed E-state index contributed by atoms with van der Waals surface area (Å²) in [6.45, 7) is 4.41. The van der Waals surface area contributed by atoms with E-state index in [0.29, 0.717) is 22.4 Å². The molecule has 0 radical (unpaired) electrons. The Kier molecular flexibility index (Phi) is 3.74. The van der Waals surface area contributed by atoms with Gasteiger partial charge in [-0.05, 0) is 32.3 Å². The van der Waals surface area contributed by atoms with Gasteiger partial charge in [0.05, 0.1) is 17.9 Å². The molecule has 1 fully saturated rings. The minimum atomic E-state index is -0.0852. The van der Waals surface area contributed by atoms with Gasteiger partial charge in [-0.1, -0.05) is 11.6 Å². The van der Waals surface area contributed by atoms with Crippen LogP contribution in [0.4, 0.5) is 0 Å².